The van der Waals surface area contributed by atoms with Gasteiger partial charge in [0.25, 0.3) is 0 Å². The van der Waals surface area contributed by atoms with Gasteiger partial charge in [-0.2, -0.15) is 0 Å². The van der Waals surface area contributed by atoms with Crippen molar-refractivity contribution in [3.05, 3.63) is 35.4 Å². The Labute approximate surface area is 85.4 Å². The lowest BCUT2D eigenvalue weighted by atomic mass is 10.1. The Morgan fingerprint density at radius 3 is 2.14 bits per heavy atom. The Balaban J connectivity index is 2.10. The molecule has 0 amide bonds. The van der Waals surface area contributed by atoms with Crippen LogP contribution in [0.15, 0.2) is 24.3 Å². The summed E-state index contributed by atoms with van der Waals surface area (Å²) in [7, 11) is 0. The Morgan fingerprint density at radius 2 is 1.71 bits per heavy atom. The first-order valence-electron chi connectivity index (χ1n) is 5.01. The molecule has 0 spiro atoms. The first kappa shape index (κ1) is 9.69. The summed E-state index contributed by atoms with van der Waals surface area (Å²) in [5, 5.41) is 2.03. The first-order valence-corrected chi connectivity index (χ1v) is 5.01. The van der Waals surface area contributed by atoms with E-state index in [2.05, 4.69) is 52.0 Å². The molecule has 2 atom stereocenters. The zero-order chi connectivity index (χ0) is 10.3. The van der Waals surface area contributed by atoms with Crippen LogP contribution in [0.5, 0.6) is 0 Å². The molecule has 76 valence electrons. The summed E-state index contributed by atoms with van der Waals surface area (Å²) >= 11 is 0. The van der Waals surface area contributed by atoms with Gasteiger partial charge < -0.3 is 0 Å². The number of rotatable bonds is 1. The maximum atomic E-state index is 5.54. The van der Waals surface area contributed by atoms with Crippen LogP contribution in [0.2, 0.25) is 0 Å². The monoisotopic (exact) mass is 191 g/mol. The second-order valence-electron chi connectivity index (χ2n) is 4.87. The van der Waals surface area contributed by atoms with Gasteiger partial charge in [0.05, 0.1) is 0 Å². The van der Waals surface area contributed by atoms with Gasteiger partial charge in [-0.1, -0.05) is 29.8 Å². The van der Waals surface area contributed by atoms with Crippen LogP contribution < -0.4 is 0 Å². The smallest absolute Gasteiger partial charge is 0.180 e. The van der Waals surface area contributed by atoms with E-state index in [0.29, 0.717) is 0 Å². The quantitative estimate of drug-likeness (QED) is 0.634. The minimum absolute atomic E-state index is 0.0928. The summed E-state index contributed by atoms with van der Waals surface area (Å²) < 4.78 is 0. The van der Waals surface area contributed by atoms with E-state index in [9.17, 15) is 0 Å². The highest BCUT2D eigenvalue weighted by atomic mass is 16.8. The van der Waals surface area contributed by atoms with E-state index in [0.717, 1.165) is 0 Å². The molecule has 0 aliphatic carbocycles. The summed E-state index contributed by atoms with van der Waals surface area (Å²) in [4.78, 5) is 5.54. The number of aryl methyl sites for hydroxylation is 1. The second kappa shape index (κ2) is 3.07. The van der Waals surface area contributed by atoms with Gasteiger partial charge in [-0.25, -0.2) is 0 Å². The minimum atomic E-state index is 0.0928. The minimum Gasteiger partial charge on any atom is -0.269 e. The van der Waals surface area contributed by atoms with Crippen LogP contribution in [-0.4, -0.2) is 10.6 Å². The number of hydrogen-bond acceptors (Lipinski definition) is 2. The van der Waals surface area contributed by atoms with Crippen LogP contribution in [0.4, 0.5) is 0 Å². The standard InChI is InChI=1S/C12H17NO/c1-9-5-7-10(8-6-9)11-13(14-11)12(2,3)4/h5-8,11H,1-4H3/t11-,13?/m1/s1. The highest BCUT2D eigenvalue weighted by Gasteiger charge is 2.45. The molecular formula is C12H17NO. The lowest BCUT2D eigenvalue weighted by Gasteiger charge is -2.16. The fourth-order valence-corrected chi connectivity index (χ4v) is 1.52. The second-order valence-corrected chi connectivity index (χ2v) is 4.87. The molecule has 1 fully saturated rings. The summed E-state index contributed by atoms with van der Waals surface area (Å²) in [6, 6.07) is 8.51. The predicted octanol–water partition coefficient (Wildman–Crippen LogP) is 3.04. The van der Waals surface area contributed by atoms with E-state index in [1.165, 1.54) is 11.1 Å². The molecule has 1 saturated heterocycles. The van der Waals surface area contributed by atoms with Crippen LogP contribution in [0.1, 0.15) is 38.1 Å². The van der Waals surface area contributed by atoms with Gasteiger partial charge in [0.15, 0.2) is 6.23 Å². The molecular weight excluding hydrogens is 174 g/mol. The molecule has 1 aliphatic rings. The van der Waals surface area contributed by atoms with Crippen LogP contribution in [0, 0.1) is 6.92 Å². The van der Waals surface area contributed by atoms with Gasteiger partial charge in [0.1, 0.15) is 0 Å². The van der Waals surface area contributed by atoms with E-state index < -0.39 is 0 Å². The molecule has 0 aromatic heterocycles. The lowest BCUT2D eigenvalue weighted by Crippen LogP contribution is -2.25. The van der Waals surface area contributed by atoms with Crippen LogP contribution in [0.3, 0.4) is 0 Å². The Kier molecular flexibility index (Phi) is 2.13. The molecule has 1 aromatic carbocycles. The average molecular weight is 191 g/mol. The van der Waals surface area contributed by atoms with Crippen molar-refractivity contribution in [1.29, 1.82) is 0 Å². The van der Waals surface area contributed by atoms with Crippen molar-refractivity contribution in [2.24, 2.45) is 0 Å². The van der Waals surface area contributed by atoms with Gasteiger partial charge >= 0.3 is 0 Å². The van der Waals surface area contributed by atoms with Crippen LogP contribution in [-0.2, 0) is 4.84 Å². The van der Waals surface area contributed by atoms with Crippen molar-refractivity contribution >= 4 is 0 Å². The zero-order valence-corrected chi connectivity index (χ0v) is 9.24. The summed E-state index contributed by atoms with van der Waals surface area (Å²) in [5.41, 5.74) is 2.62. The third-order valence-electron chi connectivity index (χ3n) is 2.40. The third kappa shape index (κ3) is 1.81. The van der Waals surface area contributed by atoms with Gasteiger partial charge in [0.2, 0.25) is 0 Å². The van der Waals surface area contributed by atoms with Crippen molar-refractivity contribution in [1.82, 2.24) is 5.06 Å². The Hall–Kier alpha value is -0.860. The molecule has 1 unspecified atom stereocenters. The number of nitrogens with zero attached hydrogens (tertiary/aromatic N) is 1. The van der Waals surface area contributed by atoms with Crippen molar-refractivity contribution in [3.63, 3.8) is 0 Å². The predicted molar refractivity (Wildman–Crippen MR) is 56.6 cm³/mol. The average Bonchev–Trinajstić information content (AvgIpc) is 2.83. The Morgan fingerprint density at radius 1 is 1.14 bits per heavy atom. The highest BCUT2D eigenvalue weighted by molar-refractivity contribution is 5.24. The molecule has 0 N–H and O–H groups in total. The van der Waals surface area contributed by atoms with E-state index in [4.69, 9.17) is 4.84 Å². The van der Waals surface area contributed by atoms with Gasteiger partial charge in [-0.3, -0.25) is 4.84 Å². The molecule has 2 heteroatoms. The molecule has 2 nitrogen and oxygen atoms in total. The van der Waals surface area contributed by atoms with Crippen molar-refractivity contribution in [2.45, 2.75) is 39.5 Å². The molecule has 1 aromatic rings. The zero-order valence-electron chi connectivity index (χ0n) is 9.24. The van der Waals surface area contributed by atoms with E-state index in [1.807, 2.05) is 5.06 Å². The SMILES string of the molecule is Cc1ccc([C@H]2ON2C(C)(C)C)cc1. The van der Waals surface area contributed by atoms with Crippen LogP contribution in [0.25, 0.3) is 0 Å². The molecule has 1 heterocycles. The normalized spacial score (nSPS) is 26.3. The first-order chi connectivity index (χ1) is 6.48. The number of hydrogen-bond donors (Lipinski definition) is 0. The summed E-state index contributed by atoms with van der Waals surface area (Å²) in [5.74, 6) is 0. The maximum Gasteiger partial charge on any atom is 0.180 e. The number of benzene rings is 1. The molecule has 0 bridgehead atoms. The van der Waals surface area contributed by atoms with E-state index >= 15 is 0 Å². The van der Waals surface area contributed by atoms with Gasteiger partial charge in [0, 0.05) is 5.54 Å². The summed E-state index contributed by atoms with van der Waals surface area (Å²) in [6.07, 6.45) is 0.163. The van der Waals surface area contributed by atoms with Crippen molar-refractivity contribution in [2.75, 3.05) is 0 Å². The fourth-order valence-electron chi connectivity index (χ4n) is 1.52. The molecule has 0 radical (unpaired) electrons. The molecule has 2 rings (SSSR count). The number of hydroxylamine groups is 2. The molecule has 14 heavy (non-hydrogen) atoms. The Bertz CT molecular complexity index is 323. The highest BCUT2D eigenvalue weighted by Crippen LogP contribution is 2.42. The summed E-state index contributed by atoms with van der Waals surface area (Å²) in [6.45, 7) is 8.56. The largest absolute Gasteiger partial charge is 0.269 e. The molecule has 0 saturated carbocycles. The van der Waals surface area contributed by atoms with Gasteiger partial charge in [-0.05, 0) is 33.3 Å². The fraction of sp³-hybridized carbons (Fsp3) is 0.500. The topological polar surface area (TPSA) is 15.5 Å². The van der Waals surface area contributed by atoms with Gasteiger partial charge in [-0.15, -0.1) is 5.06 Å². The lowest BCUT2D eigenvalue weighted by molar-refractivity contribution is 0.101. The maximum absolute atomic E-state index is 5.54. The van der Waals surface area contributed by atoms with Crippen molar-refractivity contribution in [3.8, 4) is 0 Å². The van der Waals surface area contributed by atoms with Crippen molar-refractivity contribution < 1.29 is 4.84 Å². The van der Waals surface area contributed by atoms with E-state index in [-0.39, 0.29) is 11.8 Å². The molecule has 1 aliphatic heterocycles. The third-order valence-corrected chi connectivity index (χ3v) is 2.40. The van der Waals surface area contributed by atoms with Crippen LogP contribution >= 0.6 is 0 Å². The van der Waals surface area contributed by atoms with E-state index in [1.54, 1.807) is 0 Å².